The highest BCUT2D eigenvalue weighted by atomic mass is 32.2. The number of nitrogens with zero attached hydrogens (tertiary/aromatic N) is 2. The zero-order valence-electron chi connectivity index (χ0n) is 12.4. The molecule has 6 nitrogen and oxygen atoms in total. The van der Waals surface area contributed by atoms with Gasteiger partial charge in [-0.3, -0.25) is 4.21 Å². The zero-order chi connectivity index (χ0) is 17.1. The average Bonchev–Trinajstić information content (AvgIpc) is 2.46. The maximum absolute atomic E-state index is 13.1. The second kappa shape index (κ2) is 6.93. The zero-order valence-corrected chi connectivity index (χ0v) is 13.3. The highest BCUT2D eigenvalue weighted by molar-refractivity contribution is 7.78. The Morgan fingerprint density at radius 3 is 2.39 bits per heavy atom. The van der Waals surface area contributed by atoms with Gasteiger partial charge in [0.05, 0.1) is 17.1 Å². The SMILES string of the molecule is CC(C)c1nc(CS(=O)[O-])nc(-c2ccc(F)cc2)c1C(=O)O. The normalized spacial score (nSPS) is 12.4. The van der Waals surface area contributed by atoms with Gasteiger partial charge in [0.15, 0.2) is 0 Å². The van der Waals surface area contributed by atoms with Gasteiger partial charge in [0.2, 0.25) is 0 Å². The molecule has 1 N–H and O–H groups in total. The summed E-state index contributed by atoms with van der Waals surface area (Å²) in [6.07, 6.45) is 0. The Labute approximate surface area is 134 Å². The molecule has 0 amide bonds. The first-order chi connectivity index (χ1) is 10.8. The number of hydrogen-bond acceptors (Lipinski definition) is 5. The summed E-state index contributed by atoms with van der Waals surface area (Å²) in [7, 11) is 0. The van der Waals surface area contributed by atoms with Gasteiger partial charge in [0, 0.05) is 5.56 Å². The van der Waals surface area contributed by atoms with Crippen LogP contribution in [-0.2, 0) is 16.8 Å². The number of benzene rings is 1. The lowest BCUT2D eigenvalue weighted by molar-refractivity contribution is 0.0695. The molecule has 2 rings (SSSR count). The second-order valence-corrected chi connectivity index (χ2v) is 6.06. The van der Waals surface area contributed by atoms with Crippen molar-refractivity contribution in [1.29, 1.82) is 0 Å². The van der Waals surface area contributed by atoms with Gasteiger partial charge >= 0.3 is 5.97 Å². The molecule has 0 aliphatic heterocycles. The van der Waals surface area contributed by atoms with Gasteiger partial charge in [-0.2, -0.15) is 0 Å². The molecule has 122 valence electrons. The van der Waals surface area contributed by atoms with Crippen LogP contribution < -0.4 is 0 Å². The number of halogens is 1. The largest absolute Gasteiger partial charge is 0.772 e. The molecular formula is C15H14FN2O4S-. The first-order valence-corrected chi connectivity index (χ1v) is 8.00. The van der Waals surface area contributed by atoms with Gasteiger partial charge in [-0.05, 0) is 41.3 Å². The summed E-state index contributed by atoms with van der Waals surface area (Å²) < 4.78 is 34.9. The molecular weight excluding hydrogens is 323 g/mol. The molecule has 0 saturated heterocycles. The minimum absolute atomic E-state index is 0.00589. The Bertz CT molecular complexity index is 763. The number of hydrogen-bond donors (Lipinski definition) is 1. The molecule has 2 aromatic rings. The fourth-order valence-electron chi connectivity index (χ4n) is 2.14. The quantitative estimate of drug-likeness (QED) is 0.841. The van der Waals surface area contributed by atoms with Crippen molar-refractivity contribution in [2.24, 2.45) is 0 Å². The molecule has 0 aliphatic rings. The van der Waals surface area contributed by atoms with Crippen molar-refractivity contribution >= 4 is 17.0 Å². The molecule has 1 unspecified atom stereocenters. The Balaban J connectivity index is 2.74. The minimum Gasteiger partial charge on any atom is -0.772 e. The molecule has 1 heterocycles. The summed E-state index contributed by atoms with van der Waals surface area (Å²) in [4.78, 5) is 19.8. The Morgan fingerprint density at radius 2 is 1.91 bits per heavy atom. The van der Waals surface area contributed by atoms with E-state index in [1.807, 2.05) is 0 Å². The summed E-state index contributed by atoms with van der Waals surface area (Å²) in [6, 6.07) is 5.16. The van der Waals surface area contributed by atoms with Crippen molar-refractivity contribution in [2.45, 2.75) is 25.5 Å². The molecule has 0 aliphatic carbocycles. The number of carbonyl (C=O) groups is 1. The second-order valence-electron chi connectivity index (χ2n) is 5.16. The van der Waals surface area contributed by atoms with Gasteiger partial charge in [-0.15, -0.1) is 0 Å². The van der Waals surface area contributed by atoms with Crippen molar-refractivity contribution < 1.29 is 23.1 Å². The molecule has 1 aromatic heterocycles. The number of rotatable bonds is 5. The summed E-state index contributed by atoms with van der Waals surface area (Å²) >= 11 is -2.41. The van der Waals surface area contributed by atoms with E-state index in [4.69, 9.17) is 0 Å². The topological polar surface area (TPSA) is 103 Å². The molecule has 0 bridgehead atoms. The van der Waals surface area contributed by atoms with Crippen LogP contribution in [0.3, 0.4) is 0 Å². The van der Waals surface area contributed by atoms with Gasteiger partial charge in [-0.25, -0.2) is 19.2 Å². The fraction of sp³-hybridized carbons (Fsp3) is 0.267. The van der Waals surface area contributed by atoms with Crippen LogP contribution in [0.25, 0.3) is 11.3 Å². The lowest BCUT2D eigenvalue weighted by Gasteiger charge is -2.15. The van der Waals surface area contributed by atoms with Crippen LogP contribution >= 0.6 is 0 Å². The van der Waals surface area contributed by atoms with Crippen molar-refractivity contribution in [3.8, 4) is 11.3 Å². The van der Waals surface area contributed by atoms with Crippen LogP contribution in [0.5, 0.6) is 0 Å². The van der Waals surface area contributed by atoms with E-state index in [1.165, 1.54) is 24.3 Å². The van der Waals surface area contributed by atoms with Crippen LogP contribution in [0.1, 0.15) is 41.6 Å². The van der Waals surface area contributed by atoms with Crippen molar-refractivity contribution in [2.75, 3.05) is 0 Å². The summed E-state index contributed by atoms with van der Waals surface area (Å²) in [5.74, 6) is -2.35. The Hall–Kier alpha value is -2.19. The molecule has 0 radical (unpaired) electrons. The van der Waals surface area contributed by atoms with E-state index >= 15 is 0 Å². The predicted molar refractivity (Wildman–Crippen MR) is 81.1 cm³/mol. The third-order valence-corrected chi connectivity index (χ3v) is 3.60. The average molecular weight is 337 g/mol. The van der Waals surface area contributed by atoms with Crippen molar-refractivity contribution in [3.05, 3.63) is 47.2 Å². The number of aromatic carboxylic acids is 1. The van der Waals surface area contributed by atoms with Gasteiger partial charge in [0.1, 0.15) is 17.2 Å². The molecule has 1 atom stereocenters. The van der Waals surface area contributed by atoms with E-state index in [0.717, 1.165) is 0 Å². The van der Waals surface area contributed by atoms with E-state index in [1.54, 1.807) is 13.8 Å². The molecule has 0 fully saturated rings. The number of carboxylic acids is 1. The maximum Gasteiger partial charge on any atom is 0.339 e. The number of carboxylic acid groups (broad SMARTS) is 1. The van der Waals surface area contributed by atoms with Crippen LogP contribution in [0.4, 0.5) is 4.39 Å². The first kappa shape index (κ1) is 17.2. The highest BCUT2D eigenvalue weighted by Crippen LogP contribution is 2.28. The van der Waals surface area contributed by atoms with E-state index < -0.39 is 28.6 Å². The summed E-state index contributed by atoms with van der Waals surface area (Å²) in [5, 5.41) is 9.51. The maximum atomic E-state index is 13.1. The molecule has 1 aromatic carbocycles. The number of aromatic nitrogens is 2. The van der Waals surface area contributed by atoms with Crippen molar-refractivity contribution in [1.82, 2.24) is 9.97 Å². The lowest BCUT2D eigenvalue weighted by atomic mass is 9.98. The van der Waals surface area contributed by atoms with E-state index in [9.17, 15) is 23.1 Å². The first-order valence-electron chi connectivity index (χ1n) is 6.75. The van der Waals surface area contributed by atoms with Gasteiger partial charge < -0.3 is 9.66 Å². The highest BCUT2D eigenvalue weighted by Gasteiger charge is 2.23. The van der Waals surface area contributed by atoms with E-state index in [0.29, 0.717) is 5.56 Å². The standard InChI is InChI=1S/C15H15FN2O4S/c1-8(2)13-12(15(19)20)14(9-3-5-10(16)6-4-9)18-11(17-13)7-23(21)22/h3-6,8H,7H2,1-2H3,(H,19,20)(H,21,22)/p-1. The Kier molecular flexibility index (Phi) is 5.17. The van der Waals surface area contributed by atoms with E-state index in [2.05, 4.69) is 9.97 Å². The third-order valence-electron chi connectivity index (χ3n) is 3.11. The van der Waals surface area contributed by atoms with Gasteiger partial charge in [0.25, 0.3) is 0 Å². The Morgan fingerprint density at radius 1 is 1.30 bits per heavy atom. The van der Waals surface area contributed by atoms with E-state index in [-0.39, 0.29) is 28.7 Å². The monoisotopic (exact) mass is 337 g/mol. The smallest absolute Gasteiger partial charge is 0.339 e. The molecule has 23 heavy (non-hydrogen) atoms. The van der Waals surface area contributed by atoms with Gasteiger partial charge in [-0.1, -0.05) is 13.8 Å². The van der Waals surface area contributed by atoms with Crippen LogP contribution in [0, 0.1) is 5.82 Å². The summed E-state index contributed by atoms with van der Waals surface area (Å²) in [5.41, 5.74) is 0.599. The lowest BCUT2D eigenvalue weighted by Crippen LogP contribution is -2.14. The summed E-state index contributed by atoms with van der Waals surface area (Å²) in [6.45, 7) is 3.50. The minimum atomic E-state index is -2.41. The molecule has 0 saturated carbocycles. The molecule has 8 heteroatoms. The van der Waals surface area contributed by atoms with Crippen LogP contribution in [-0.4, -0.2) is 29.8 Å². The fourth-order valence-corrected chi connectivity index (χ4v) is 2.48. The van der Waals surface area contributed by atoms with Crippen LogP contribution in [0.15, 0.2) is 24.3 Å². The van der Waals surface area contributed by atoms with Crippen LogP contribution in [0.2, 0.25) is 0 Å². The van der Waals surface area contributed by atoms with Crippen molar-refractivity contribution in [3.63, 3.8) is 0 Å². The third kappa shape index (κ3) is 3.96. The molecule has 0 spiro atoms. The predicted octanol–water partition coefficient (Wildman–Crippen LogP) is 2.48.